The van der Waals surface area contributed by atoms with Crippen LogP contribution >= 0.6 is 0 Å². The molecule has 5 rings (SSSR count). The summed E-state index contributed by atoms with van der Waals surface area (Å²) in [6, 6.07) is 4.10. The van der Waals surface area contributed by atoms with Crippen LogP contribution in [0.1, 0.15) is 41.6 Å². The number of ketones is 1. The van der Waals surface area contributed by atoms with Crippen LogP contribution in [0.5, 0.6) is 0 Å². The highest BCUT2D eigenvalue weighted by Crippen LogP contribution is 2.32. The van der Waals surface area contributed by atoms with E-state index >= 15 is 4.39 Å². The molecule has 1 saturated heterocycles. The van der Waals surface area contributed by atoms with Crippen LogP contribution < -0.4 is 10.0 Å². The van der Waals surface area contributed by atoms with E-state index in [4.69, 9.17) is 0 Å². The number of nitrogens with zero attached hydrogens (tertiary/aromatic N) is 3. The minimum atomic E-state index is -3.89. The fourth-order valence-electron chi connectivity index (χ4n) is 3.90. The normalized spacial score (nSPS) is 17.0. The summed E-state index contributed by atoms with van der Waals surface area (Å²) in [6.07, 6.45) is 6.72. The molecule has 1 aliphatic carbocycles. The molecular formula is C21H23FN6O3S. The maximum Gasteiger partial charge on any atom is 0.301 e. The number of carbonyl (C=O) groups excluding carboxylic acids is 1. The van der Waals surface area contributed by atoms with E-state index in [0.717, 1.165) is 32.2 Å². The predicted octanol–water partition coefficient (Wildman–Crippen LogP) is 2.90. The second-order valence-electron chi connectivity index (χ2n) is 8.18. The van der Waals surface area contributed by atoms with Gasteiger partial charge in [-0.2, -0.15) is 12.7 Å². The Hall–Kier alpha value is -3.05. The Labute approximate surface area is 184 Å². The molecule has 0 spiro atoms. The third-order valence-electron chi connectivity index (χ3n) is 5.86. The molecule has 1 aromatic carbocycles. The third kappa shape index (κ3) is 3.93. The molecule has 32 heavy (non-hydrogen) atoms. The van der Waals surface area contributed by atoms with Gasteiger partial charge in [0.05, 0.1) is 22.2 Å². The van der Waals surface area contributed by atoms with Crippen molar-refractivity contribution in [2.75, 3.05) is 29.7 Å². The average Bonchev–Trinajstić information content (AvgIpc) is 3.25. The van der Waals surface area contributed by atoms with E-state index < -0.39 is 21.8 Å². The summed E-state index contributed by atoms with van der Waals surface area (Å²) in [5, 5.41) is 3.74. The Morgan fingerprint density at radius 1 is 1.19 bits per heavy atom. The van der Waals surface area contributed by atoms with E-state index in [9.17, 15) is 13.2 Å². The Bertz CT molecular complexity index is 1280. The maximum atomic E-state index is 15.3. The zero-order valence-corrected chi connectivity index (χ0v) is 18.1. The van der Waals surface area contributed by atoms with Crippen LogP contribution in [0.3, 0.4) is 0 Å². The quantitative estimate of drug-likeness (QED) is 0.447. The Morgan fingerprint density at radius 2 is 1.97 bits per heavy atom. The number of aromatic nitrogens is 3. The number of benzene rings is 1. The number of hydrogen-bond donors (Lipinski definition) is 3. The second-order valence-corrected chi connectivity index (χ2v) is 9.85. The fourth-order valence-corrected chi connectivity index (χ4v) is 5.21. The number of fused-ring (bicyclic) bond motifs is 1. The van der Waals surface area contributed by atoms with Gasteiger partial charge in [-0.05, 0) is 43.7 Å². The zero-order valence-electron chi connectivity index (χ0n) is 17.3. The number of aromatic amines is 1. The van der Waals surface area contributed by atoms with Gasteiger partial charge < -0.3 is 10.3 Å². The molecule has 2 aromatic heterocycles. The Balaban J connectivity index is 1.47. The molecule has 3 N–H and O–H groups in total. The number of carbonyl (C=O) groups is 1. The first kappa shape index (κ1) is 20.8. The molecule has 11 heteroatoms. The molecule has 9 nitrogen and oxygen atoms in total. The summed E-state index contributed by atoms with van der Waals surface area (Å²) in [6.45, 7) is 1.52. The van der Waals surface area contributed by atoms with Crippen LogP contribution in [0.4, 0.5) is 15.9 Å². The summed E-state index contributed by atoms with van der Waals surface area (Å²) in [5.74, 6) is -0.395. The monoisotopic (exact) mass is 458 g/mol. The largest absolute Gasteiger partial charge is 0.369 e. The molecule has 0 atom stereocenters. The fraction of sp³-hybridized carbons (Fsp3) is 0.381. The molecule has 0 amide bonds. The van der Waals surface area contributed by atoms with Crippen molar-refractivity contribution in [1.82, 2.24) is 19.3 Å². The van der Waals surface area contributed by atoms with E-state index in [1.54, 1.807) is 0 Å². The van der Waals surface area contributed by atoms with Crippen LogP contribution in [-0.2, 0) is 10.2 Å². The number of halogens is 1. The van der Waals surface area contributed by atoms with Gasteiger partial charge in [0.2, 0.25) is 0 Å². The molecular weight excluding hydrogens is 435 g/mol. The highest BCUT2D eigenvalue weighted by atomic mass is 32.2. The highest BCUT2D eigenvalue weighted by Gasteiger charge is 2.28. The van der Waals surface area contributed by atoms with E-state index in [1.807, 2.05) is 0 Å². The lowest BCUT2D eigenvalue weighted by molar-refractivity contribution is 0.103. The SMILES string of the molecule is O=C(c1cccc(NS(=O)(=O)N2CCCC2)c1F)c1c[nH]c2ncnc(NCC3CC3)c12. The van der Waals surface area contributed by atoms with E-state index in [1.165, 1.54) is 35.0 Å². The van der Waals surface area contributed by atoms with E-state index in [0.29, 0.717) is 35.9 Å². The summed E-state index contributed by atoms with van der Waals surface area (Å²) in [4.78, 5) is 24.7. The number of rotatable bonds is 8. The van der Waals surface area contributed by atoms with Crippen molar-refractivity contribution in [3.8, 4) is 0 Å². The summed E-state index contributed by atoms with van der Waals surface area (Å²) < 4.78 is 43.9. The van der Waals surface area contributed by atoms with Crippen molar-refractivity contribution in [2.24, 2.45) is 5.92 Å². The topological polar surface area (TPSA) is 120 Å². The van der Waals surface area contributed by atoms with Crippen LogP contribution in [0.25, 0.3) is 11.0 Å². The van der Waals surface area contributed by atoms with Crippen molar-refractivity contribution in [3.63, 3.8) is 0 Å². The molecule has 0 radical (unpaired) electrons. The lowest BCUT2D eigenvalue weighted by atomic mass is 10.0. The van der Waals surface area contributed by atoms with Crippen molar-refractivity contribution >= 4 is 38.5 Å². The van der Waals surface area contributed by atoms with Gasteiger partial charge in [0.1, 0.15) is 17.8 Å². The first-order valence-electron chi connectivity index (χ1n) is 10.6. The molecule has 0 unspecified atom stereocenters. The number of H-pyrrole nitrogens is 1. The minimum absolute atomic E-state index is 0.220. The van der Waals surface area contributed by atoms with Crippen molar-refractivity contribution in [2.45, 2.75) is 25.7 Å². The lowest BCUT2D eigenvalue weighted by Gasteiger charge is -2.17. The molecule has 1 saturated carbocycles. The van der Waals surface area contributed by atoms with Crippen LogP contribution in [0.2, 0.25) is 0 Å². The maximum absolute atomic E-state index is 15.3. The van der Waals surface area contributed by atoms with Crippen molar-refractivity contribution in [1.29, 1.82) is 0 Å². The second kappa shape index (κ2) is 8.14. The van der Waals surface area contributed by atoms with Gasteiger partial charge in [-0.3, -0.25) is 9.52 Å². The molecule has 3 aromatic rings. The molecule has 0 bridgehead atoms. The number of hydrogen-bond acceptors (Lipinski definition) is 6. The van der Waals surface area contributed by atoms with Crippen LogP contribution in [0.15, 0.2) is 30.7 Å². The van der Waals surface area contributed by atoms with E-state index in [2.05, 4.69) is 25.0 Å². The average molecular weight is 459 g/mol. The lowest BCUT2D eigenvalue weighted by Crippen LogP contribution is -2.33. The van der Waals surface area contributed by atoms with Gasteiger partial charge >= 0.3 is 10.2 Å². The van der Waals surface area contributed by atoms with Gasteiger partial charge in [0.25, 0.3) is 0 Å². The van der Waals surface area contributed by atoms with Crippen LogP contribution in [0, 0.1) is 11.7 Å². The molecule has 168 valence electrons. The summed E-state index contributed by atoms with van der Waals surface area (Å²) in [7, 11) is -3.89. The smallest absolute Gasteiger partial charge is 0.301 e. The van der Waals surface area contributed by atoms with E-state index in [-0.39, 0.29) is 16.8 Å². The molecule has 1 aliphatic heterocycles. The first-order chi connectivity index (χ1) is 15.4. The van der Waals surface area contributed by atoms with Gasteiger partial charge in [0, 0.05) is 25.8 Å². The predicted molar refractivity (Wildman–Crippen MR) is 118 cm³/mol. The zero-order chi connectivity index (χ0) is 22.3. The number of nitrogens with one attached hydrogen (secondary N) is 3. The van der Waals surface area contributed by atoms with Crippen molar-refractivity contribution < 1.29 is 17.6 Å². The van der Waals surface area contributed by atoms with Gasteiger partial charge in [-0.15, -0.1) is 0 Å². The molecule has 3 heterocycles. The molecule has 2 fully saturated rings. The molecule has 2 aliphatic rings. The summed E-state index contributed by atoms with van der Waals surface area (Å²) >= 11 is 0. The Morgan fingerprint density at radius 3 is 2.72 bits per heavy atom. The van der Waals surface area contributed by atoms with Gasteiger partial charge in [-0.1, -0.05) is 6.07 Å². The highest BCUT2D eigenvalue weighted by molar-refractivity contribution is 7.90. The van der Waals surface area contributed by atoms with Gasteiger partial charge in [0.15, 0.2) is 11.6 Å². The van der Waals surface area contributed by atoms with Crippen molar-refractivity contribution in [3.05, 3.63) is 47.7 Å². The Kier molecular flexibility index (Phi) is 5.30. The van der Waals surface area contributed by atoms with Crippen LogP contribution in [-0.4, -0.2) is 53.1 Å². The summed E-state index contributed by atoms with van der Waals surface area (Å²) in [5.41, 5.74) is 0.195. The standard InChI is InChI=1S/C21H23FN6O3S/c22-18-14(4-3-5-16(18)27-32(30,31)28-8-1-2-9-28)19(29)15-11-24-21-17(15)20(25-12-26-21)23-10-13-6-7-13/h3-5,11-13,27H,1-2,6-10H2,(H2,23,24,25,26). The third-order valence-corrected chi connectivity index (χ3v) is 7.38. The van der Waals surface area contributed by atoms with Gasteiger partial charge in [-0.25, -0.2) is 14.4 Å². The minimum Gasteiger partial charge on any atom is -0.369 e. The number of anilines is 2. The first-order valence-corrected chi connectivity index (χ1v) is 12.0.